The predicted octanol–water partition coefficient (Wildman–Crippen LogP) is 2.80. The van der Waals surface area contributed by atoms with Gasteiger partial charge < -0.3 is 13.3 Å². The topological polar surface area (TPSA) is 99.2 Å². The highest BCUT2D eigenvalue weighted by Crippen LogP contribution is 2.42. The number of methoxy groups -OCH3 is 1. The molecule has 0 N–H and O–H groups in total. The Kier molecular flexibility index (Phi) is 7.42. The molecular formula is C17H30ClNO7SSi. The third-order valence-corrected chi connectivity index (χ3v) is 10.7. The molecule has 1 rings (SSSR count). The lowest BCUT2D eigenvalue weighted by Gasteiger charge is -2.48. The zero-order chi connectivity index (χ0) is 22.2. The smallest absolute Gasteiger partial charge is 0.358 e. The summed E-state index contributed by atoms with van der Waals surface area (Å²) < 4.78 is 38.5. The van der Waals surface area contributed by atoms with E-state index in [-0.39, 0.29) is 16.5 Å². The van der Waals surface area contributed by atoms with Crippen LogP contribution in [0, 0.1) is 5.92 Å². The Morgan fingerprint density at radius 2 is 1.79 bits per heavy atom. The molecule has 0 saturated carbocycles. The minimum atomic E-state index is -3.90. The van der Waals surface area contributed by atoms with E-state index in [4.69, 9.17) is 20.2 Å². The van der Waals surface area contributed by atoms with Crippen LogP contribution in [0.2, 0.25) is 18.1 Å². The summed E-state index contributed by atoms with van der Waals surface area (Å²) in [6.07, 6.45) is 0.363. The number of halogens is 1. The standard InChI is InChI=1S/C17H30ClNO7SSi/c1-10(26-28(8,9)17(3,4)5)12-14(18)19(15(12)20)13(16(21)24-6)11(2)25-27(7,22)23/h10,12,14H,1-9H3/t10-,12-,14+/m1/s1. The molecule has 0 aromatic heterocycles. The van der Waals surface area contributed by atoms with Gasteiger partial charge in [0, 0.05) is 0 Å². The summed E-state index contributed by atoms with van der Waals surface area (Å²) in [7, 11) is -4.92. The van der Waals surface area contributed by atoms with Crippen LogP contribution in [0.5, 0.6) is 0 Å². The van der Waals surface area contributed by atoms with Crippen molar-refractivity contribution in [3.05, 3.63) is 11.5 Å². The van der Waals surface area contributed by atoms with Gasteiger partial charge in [-0.05, 0) is 32.0 Å². The van der Waals surface area contributed by atoms with E-state index in [0.29, 0.717) is 0 Å². The number of likely N-dealkylation sites (tertiary alicyclic amines) is 1. The van der Waals surface area contributed by atoms with Gasteiger partial charge in [-0.25, -0.2) is 4.79 Å². The molecule has 0 bridgehead atoms. The highest BCUT2D eigenvalue weighted by atomic mass is 35.5. The number of amides is 1. The van der Waals surface area contributed by atoms with Crippen molar-refractivity contribution >= 4 is 41.9 Å². The number of carbonyl (C=O) groups is 2. The van der Waals surface area contributed by atoms with Crippen molar-refractivity contribution in [1.82, 2.24) is 4.90 Å². The summed E-state index contributed by atoms with van der Waals surface area (Å²) in [5, 5.41) is -0.0491. The molecule has 1 aliphatic heterocycles. The second-order valence-electron chi connectivity index (χ2n) is 8.37. The monoisotopic (exact) mass is 455 g/mol. The second kappa shape index (κ2) is 8.33. The molecule has 1 aliphatic rings. The molecule has 3 atom stereocenters. The van der Waals surface area contributed by atoms with Crippen LogP contribution in [0.15, 0.2) is 11.5 Å². The molecule has 0 spiro atoms. The molecule has 28 heavy (non-hydrogen) atoms. The maximum Gasteiger partial charge on any atom is 0.358 e. The zero-order valence-electron chi connectivity index (χ0n) is 17.8. The molecule has 11 heteroatoms. The first kappa shape index (κ1) is 24.9. The van der Waals surface area contributed by atoms with Gasteiger partial charge in [-0.3, -0.25) is 9.69 Å². The van der Waals surface area contributed by atoms with E-state index in [2.05, 4.69) is 38.6 Å². The summed E-state index contributed by atoms with van der Waals surface area (Å²) >= 11 is 6.42. The van der Waals surface area contributed by atoms with E-state index in [0.717, 1.165) is 18.3 Å². The molecule has 1 fully saturated rings. The van der Waals surface area contributed by atoms with Gasteiger partial charge in [0.05, 0.1) is 25.4 Å². The average Bonchev–Trinajstić information content (AvgIpc) is 2.48. The Labute approximate surface area is 173 Å². The van der Waals surface area contributed by atoms with Gasteiger partial charge in [0.2, 0.25) is 5.91 Å². The normalized spacial score (nSPS) is 22.9. The number of nitrogens with zero attached hydrogens (tertiary/aromatic N) is 1. The largest absolute Gasteiger partial charge is 0.464 e. The van der Waals surface area contributed by atoms with Crippen LogP contribution < -0.4 is 0 Å². The van der Waals surface area contributed by atoms with Crippen LogP contribution in [0.1, 0.15) is 34.6 Å². The van der Waals surface area contributed by atoms with Gasteiger partial charge in [-0.2, -0.15) is 8.42 Å². The molecule has 1 heterocycles. The van der Waals surface area contributed by atoms with Crippen molar-refractivity contribution in [1.29, 1.82) is 0 Å². The number of esters is 1. The first-order valence-electron chi connectivity index (χ1n) is 8.78. The number of allylic oxidation sites excluding steroid dienone is 1. The van der Waals surface area contributed by atoms with Crippen LogP contribution in [-0.4, -0.2) is 58.5 Å². The van der Waals surface area contributed by atoms with Crippen molar-refractivity contribution in [2.45, 2.75) is 64.4 Å². The third-order valence-electron chi connectivity index (χ3n) is 5.09. The van der Waals surface area contributed by atoms with Gasteiger partial charge in [-0.15, -0.1) is 0 Å². The molecule has 8 nitrogen and oxygen atoms in total. The van der Waals surface area contributed by atoms with Crippen molar-refractivity contribution < 1.29 is 31.4 Å². The van der Waals surface area contributed by atoms with E-state index in [1.807, 2.05) is 0 Å². The van der Waals surface area contributed by atoms with Gasteiger partial charge in [0.25, 0.3) is 0 Å². The third kappa shape index (κ3) is 5.28. The summed E-state index contributed by atoms with van der Waals surface area (Å²) in [6.45, 7) is 13.4. The lowest BCUT2D eigenvalue weighted by molar-refractivity contribution is -0.158. The van der Waals surface area contributed by atoms with Gasteiger partial charge in [0.1, 0.15) is 11.3 Å². The number of hydrogen-bond acceptors (Lipinski definition) is 7. The summed E-state index contributed by atoms with van der Waals surface area (Å²) in [4.78, 5) is 26.0. The Hall–Kier alpha value is -1.10. The average molecular weight is 456 g/mol. The minimum Gasteiger partial charge on any atom is -0.464 e. The number of rotatable bonds is 7. The maximum atomic E-state index is 12.8. The molecule has 162 valence electrons. The van der Waals surface area contributed by atoms with E-state index in [9.17, 15) is 18.0 Å². The van der Waals surface area contributed by atoms with Crippen LogP contribution in [0.25, 0.3) is 0 Å². The van der Waals surface area contributed by atoms with Crippen LogP contribution in [-0.2, 0) is 33.1 Å². The molecule has 0 unspecified atom stereocenters. The second-order valence-corrected chi connectivity index (χ2v) is 15.2. The first-order valence-corrected chi connectivity index (χ1v) is 13.9. The van der Waals surface area contributed by atoms with E-state index >= 15 is 0 Å². The highest BCUT2D eigenvalue weighted by Gasteiger charge is 2.55. The minimum absolute atomic E-state index is 0.0491. The predicted molar refractivity (Wildman–Crippen MR) is 108 cm³/mol. The quantitative estimate of drug-likeness (QED) is 0.0850. The molecule has 0 radical (unpaired) electrons. The number of hydrogen-bond donors (Lipinski definition) is 0. The zero-order valence-corrected chi connectivity index (χ0v) is 20.4. The fraction of sp³-hybridized carbons (Fsp3) is 0.765. The Morgan fingerprint density at radius 1 is 1.29 bits per heavy atom. The lowest BCUT2D eigenvalue weighted by atomic mass is 9.92. The van der Waals surface area contributed by atoms with Gasteiger partial charge in [0.15, 0.2) is 14.0 Å². The molecule has 0 aromatic rings. The molecule has 0 aromatic carbocycles. The number of ether oxygens (including phenoxy) is 1. The van der Waals surface area contributed by atoms with Crippen LogP contribution in [0.3, 0.4) is 0 Å². The number of alkyl halides is 1. The van der Waals surface area contributed by atoms with Crippen molar-refractivity contribution in [3.8, 4) is 0 Å². The lowest BCUT2D eigenvalue weighted by Crippen LogP contribution is -2.63. The Balaban J connectivity index is 3.15. The molecule has 1 amide bonds. The maximum absolute atomic E-state index is 12.8. The van der Waals surface area contributed by atoms with Crippen LogP contribution >= 0.6 is 11.6 Å². The van der Waals surface area contributed by atoms with Crippen LogP contribution in [0.4, 0.5) is 0 Å². The fourth-order valence-electron chi connectivity index (χ4n) is 2.63. The summed E-state index contributed by atoms with van der Waals surface area (Å²) in [6, 6.07) is 0. The highest BCUT2D eigenvalue weighted by molar-refractivity contribution is 7.86. The Bertz CT molecular complexity index is 773. The molecule has 0 aliphatic carbocycles. The SMILES string of the molecule is COC(=O)C(=C(C)OS(C)(=O)=O)N1C(=O)[C@H]([C@@H](C)O[Si](C)(C)C(C)(C)C)[C@H]1Cl. The van der Waals surface area contributed by atoms with Crippen molar-refractivity contribution in [2.75, 3.05) is 13.4 Å². The van der Waals surface area contributed by atoms with Crippen molar-refractivity contribution in [3.63, 3.8) is 0 Å². The number of carbonyl (C=O) groups excluding carboxylic acids is 2. The summed E-state index contributed by atoms with van der Waals surface area (Å²) in [5.41, 5.74) is -1.24. The van der Waals surface area contributed by atoms with Gasteiger partial charge >= 0.3 is 16.1 Å². The fourth-order valence-corrected chi connectivity index (χ4v) is 5.10. The Morgan fingerprint density at radius 3 is 2.14 bits per heavy atom. The first-order chi connectivity index (χ1) is 12.4. The summed E-state index contributed by atoms with van der Waals surface area (Å²) in [5.74, 6) is -2.34. The van der Waals surface area contributed by atoms with E-state index in [1.165, 1.54) is 6.92 Å². The van der Waals surface area contributed by atoms with Crippen molar-refractivity contribution in [2.24, 2.45) is 5.92 Å². The van der Waals surface area contributed by atoms with E-state index < -0.39 is 47.8 Å². The van der Waals surface area contributed by atoms with E-state index in [1.54, 1.807) is 6.92 Å². The molecular weight excluding hydrogens is 426 g/mol. The number of β-lactam (4-membered cyclic amide) rings is 1. The van der Waals surface area contributed by atoms with Gasteiger partial charge in [-0.1, -0.05) is 32.4 Å². The molecule has 1 saturated heterocycles.